The molecule has 0 aromatic heterocycles. The van der Waals surface area contributed by atoms with Crippen molar-refractivity contribution in [2.75, 3.05) is 18.4 Å². The van der Waals surface area contributed by atoms with Crippen LogP contribution in [-0.4, -0.2) is 24.9 Å². The molecule has 0 saturated heterocycles. The van der Waals surface area contributed by atoms with Gasteiger partial charge in [-0.05, 0) is 36.6 Å². The number of anilines is 1. The number of rotatable bonds is 9. The average Bonchev–Trinajstić information content (AvgIpc) is 2.79. The van der Waals surface area contributed by atoms with Crippen LogP contribution in [0, 0.1) is 0 Å². The maximum atomic E-state index is 12.6. The summed E-state index contributed by atoms with van der Waals surface area (Å²) in [5.41, 5.74) is 3.38. The van der Waals surface area contributed by atoms with Crippen molar-refractivity contribution in [3.8, 4) is 0 Å². The molecular weight excluding hydrogens is 374 g/mol. The lowest BCUT2D eigenvalue weighted by Crippen LogP contribution is -2.32. The van der Waals surface area contributed by atoms with E-state index >= 15 is 0 Å². The molecular formula is C25H27N3O2. The Bertz CT molecular complexity index is 958. The van der Waals surface area contributed by atoms with Gasteiger partial charge < -0.3 is 16.0 Å². The van der Waals surface area contributed by atoms with Gasteiger partial charge in [0.1, 0.15) is 0 Å². The monoisotopic (exact) mass is 401 g/mol. The van der Waals surface area contributed by atoms with E-state index in [1.807, 2.05) is 79.7 Å². The van der Waals surface area contributed by atoms with E-state index in [-0.39, 0.29) is 24.4 Å². The third-order valence-corrected chi connectivity index (χ3v) is 4.83. The average molecular weight is 402 g/mol. The zero-order chi connectivity index (χ0) is 21.2. The third-order valence-electron chi connectivity index (χ3n) is 4.83. The van der Waals surface area contributed by atoms with Crippen molar-refractivity contribution in [1.82, 2.24) is 10.6 Å². The highest BCUT2D eigenvalue weighted by molar-refractivity contribution is 6.00. The number of hydrogen-bond donors (Lipinski definition) is 3. The van der Waals surface area contributed by atoms with Crippen LogP contribution in [-0.2, 0) is 11.2 Å². The van der Waals surface area contributed by atoms with Crippen LogP contribution in [0.3, 0.4) is 0 Å². The van der Waals surface area contributed by atoms with Gasteiger partial charge in [0.05, 0.1) is 18.2 Å². The minimum absolute atomic E-state index is 0.0861. The SMILES string of the molecule is C[C@H](NC(=O)CNc1ccccc1C(=O)NCCc1ccccc1)c1ccccc1. The van der Waals surface area contributed by atoms with Crippen molar-refractivity contribution < 1.29 is 9.59 Å². The first-order valence-electron chi connectivity index (χ1n) is 10.1. The van der Waals surface area contributed by atoms with Gasteiger partial charge in [-0.3, -0.25) is 9.59 Å². The van der Waals surface area contributed by atoms with E-state index in [0.717, 1.165) is 12.0 Å². The van der Waals surface area contributed by atoms with Gasteiger partial charge in [-0.25, -0.2) is 0 Å². The molecule has 154 valence electrons. The van der Waals surface area contributed by atoms with Crippen molar-refractivity contribution in [1.29, 1.82) is 0 Å². The summed E-state index contributed by atoms with van der Waals surface area (Å²) in [5, 5.41) is 9.00. The molecule has 5 heteroatoms. The Labute approximate surface area is 177 Å². The van der Waals surface area contributed by atoms with E-state index in [0.29, 0.717) is 17.8 Å². The van der Waals surface area contributed by atoms with E-state index in [4.69, 9.17) is 0 Å². The molecule has 0 unspecified atom stereocenters. The summed E-state index contributed by atoms with van der Waals surface area (Å²) in [6.07, 6.45) is 0.766. The summed E-state index contributed by atoms with van der Waals surface area (Å²) in [4.78, 5) is 24.9. The fraction of sp³-hybridized carbons (Fsp3) is 0.200. The van der Waals surface area contributed by atoms with Gasteiger partial charge >= 0.3 is 0 Å². The molecule has 0 saturated carbocycles. The second-order valence-corrected chi connectivity index (χ2v) is 7.09. The standard InChI is InChI=1S/C25H27N3O2/c1-19(21-12-6-3-7-13-21)28-24(29)18-27-23-15-9-8-14-22(23)25(30)26-17-16-20-10-4-2-5-11-20/h2-15,19,27H,16-18H2,1H3,(H,26,30)(H,28,29)/t19-/m0/s1. The molecule has 0 aliphatic rings. The van der Waals surface area contributed by atoms with Crippen molar-refractivity contribution in [2.24, 2.45) is 0 Å². The molecule has 0 bridgehead atoms. The normalized spacial score (nSPS) is 11.4. The second-order valence-electron chi connectivity index (χ2n) is 7.09. The van der Waals surface area contributed by atoms with E-state index in [2.05, 4.69) is 16.0 Å². The Hall–Kier alpha value is -3.60. The molecule has 1 atom stereocenters. The number of nitrogens with one attached hydrogen (secondary N) is 3. The van der Waals surface area contributed by atoms with E-state index in [9.17, 15) is 9.59 Å². The molecule has 3 aromatic carbocycles. The van der Waals surface area contributed by atoms with E-state index in [1.165, 1.54) is 5.56 Å². The van der Waals surface area contributed by atoms with Crippen molar-refractivity contribution in [3.05, 3.63) is 102 Å². The Morgan fingerprint density at radius 2 is 1.47 bits per heavy atom. The van der Waals surface area contributed by atoms with Crippen molar-refractivity contribution in [2.45, 2.75) is 19.4 Å². The third kappa shape index (κ3) is 6.21. The maximum absolute atomic E-state index is 12.6. The highest BCUT2D eigenvalue weighted by Crippen LogP contribution is 2.15. The smallest absolute Gasteiger partial charge is 0.253 e. The molecule has 0 radical (unpaired) electrons. The van der Waals surface area contributed by atoms with Crippen LogP contribution in [0.5, 0.6) is 0 Å². The quantitative estimate of drug-likeness (QED) is 0.508. The van der Waals surface area contributed by atoms with Crippen LogP contribution in [0.25, 0.3) is 0 Å². The number of amides is 2. The van der Waals surface area contributed by atoms with Crippen LogP contribution in [0.1, 0.15) is 34.5 Å². The first-order chi connectivity index (χ1) is 14.6. The molecule has 0 aliphatic carbocycles. The molecule has 3 N–H and O–H groups in total. The van der Waals surface area contributed by atoms with Gasteiger partial charge in [-0.1, -0.05) is 72.8 Å². The number of hydrogen-bond acceptors (Lipinski definition) is 3. The van der Waals surface area contributed by atoms with E-state index < -0.39 is 0 Å². The Morgan fingerprint density at radius 1 is 0.833 bits per heavy atom. The Morgan fingerprint density at radius 3 is 2.20 bits per heavy atom. The Kier molecular flexibility index (Phi) is 7.61. The van der Waals surface area contributed by atoms with Gasteiger partial charge in [-0.2, -0.15) is 0 Å². The largest absolute Gasteiger partial charge is 0.376 e. The maximum Gasteiger partial charge on any atom is 0.253 e. The van der Waals surface area contributed by atoms with Crippen LogP contribution in [0.4, 0.5) is 5.69 Å². The molecule has 0 aliphatic heterocycles. The van der Waals surface area contributed by atoms with Crippen LogP contribution in [0.2, 0.25) is 0 Å². The summed E-state index contributed by atoms with van der Waals surface area (Å²) < 4.78 is 0. The highest BCUT2D eigenvalue weighted by Gasteiger charge is 2.13. The molecule has 30 heavy (non-hydrogen) atoms. The molecule has 3 rings (SSSR count). The first kappa shape index (κ1) is 21.1. The fourth-order valence-electron chi connectivity index (χ4n) is 3.19. The van der Waals surface area contributed by atoms with Crippen molar-refractivity contribution >= 4 is 17.5 Å². The number of benzene rings is 3. The minimum atomic E-state index is -0.160. The number of carbonyl (C=O) groups is 2. The lowest BCUT2D eigenvalue weighted by molar-refractivity contribution is -0.120. The predicted octanol–water partition coefficient (Wildman–Crippen LogP) is 3.95. The van der Waals surface area contributed by atoms with Gasteiger partial charge in [0.2, 0.25) is 5.91 Å². The summed E-state index contributed by atoms with van der Waals surface area (Å²) >= 11 is 0. The molecule has 0 heterocycles. The predicted molar refractivity (Wildman–Crippen MR) is 120 cm³/mol. The topological polar surface area (TPSA) is 70.2 Å². The van der Waals surface area contributed by atoms with Gasteiger partial charge in [-0.15, -0.1) is 0 Å². The molecule has 0 fully saturated rings. The summed E-state index contributed by atoms with van der Waals surface area (Å²) in [5.74, 6) is -0.294. The lowest BCUT2D eigenvalue weighted by Gasteiger charge is -2.16. The molecule has 5 nitrogen and oxygen atoms in total. The number of para-hydroxylation sites is 1. The number of carbonyl (C=O) groups excluding carboxylic acids is 2. The molecule has 0 spiro atoms. The van der Waals surface area contributed by atoms with Crippen LogP contribution < -0.4 is 16.0 Å². The van der Waals surface area contributed by atoms with Gasteiger partial charge in [0.25, 0.3) is 5.91 Å². The Balaban J connectivity index is 1.51. The zero-order valence-electron chi connectivity index (χ0n) is 17.1. The van der Waals surface area contributed by atoms with Crippen molar-refractivity contribution in [3.63, 3.8) is 0 Å². The molecule has 3 aromatic rings. The highest BCUT2D eigenvalue weighted by atomic mass is 16.2. The van der Waals surface area contributed by atoms with E-state index in [1.54, 1.807) is 12.1 Å². The zero-order valence-corrected chi connectivity index (χ0v) is 17.1. The first-order valence-corrected chi connectivity index (χ1v) is 10.1. The summed E-state index contributed by atoms with van der Waals surface area (Å²) in [6, 6.07) is 27.0. The van der Waals surface area contributed by atoms with Crippen LogP contribution in [0.15, 0.2) is 84.9 Å². The second kappa shape index (κ2) is 10.8. The van der Waals surface area contributed by atoms with Crippen LogP contribution >= 0.6 is 0 Å². The minimum Gasteiger partial charge on any atom is -0.376 e. The summed E-state index contributed by atoms with van der Waals surface area (Å²) in [6.45, 7) is 2.58. The van der Waals surface area contributed by atoms with Gasteiger partial charge in [0.15, 0.2) is 0 Å². The summed E-state index contributed by atoms with van der Waals surface area (Å²) in [7, 11) is 0. The van der Waals surface area contributed by atoms with Gasteiger partial charge in [0, 0.05) is 12.2 Å². The lowest BCUT2D eigenvalue weighted by atomic mass is 10.1. The molecule has 2 amide bonds. The fourth-order valence-corrected chi connectivity index (χ4v) is 3.19.